The molecule has 1 unspecified atom stereocenters. The van der Waals surface area contributed by atoms with E-state index in [9.17, 15) is 5.11 Å². The van der Waals surface area contributed by atoms with E-state index in [1.165, 1.54) is 0 Å². The molecule has 82 valence electrons. The van der Waals surface area contributed by atoms with Crippen LogP contribution in [0, 0.1) is 0 Å². The molecule has 0 aromatic heterocycles. The van der Waals surface area contributed by atoms with Crippen molar-refractivity contribution in [3.8, 4) is 0 Å². The molecule has 4 nitrogen and oxygen atoms in total. The maximum Gasteiger partial charge on any atom is 0.157 e. The minimum Gasteiger partial charge on any atom is -0.378 e. The third kappa shape index (κ3) is 2.78. The third-order valence-corrected chi connectivity index (χ3v) is 2.34. The smallest absolute Gasteiger partial charge is 0.157 e. The van der Waals surface area contributed by atoms with Crippen molar-refractivity contribution in [2.75, 3.05) is 13.7 Å². The minimum atomic E-state index is -0.751. The van der Waals surface area contributed by atoms with Gasteiger partial charge in [0.25, 0.3) is 0 Å². The van der Waals surface area contributed by atoms with Gasteiger partial charge >= 0.3 is 0 Å². The summed E-state index contributed by atoms with van der Waals surface area (Å²) in [4.78, 5) is 0. The predicted octanol–water partition coefficient (Wildman–Crippen LogP) is 0.700. The van der Waals surface area contributed by atoms with Gasteiger partial charge in [-0.1, -0.05) is 6.08 Å². The maximum absolute atomic E-state index is 9.35. The van der Waals surface area contributed by atoms with Gasteiger partial charge in [-0.25, -0.2) is 0 Å². The van der Waals surface area contributed by atoms with Crippen molar-refractivity contribution in [2.24, 2.45) is 0 Å². The highest BCUT2D eigenvalue weighted by Gasteiger charge is 2.36. The molecule has 4 heteroatoms. The number of hydrogen-bond donors (Lipinski definition) is 1. The van der Waals surface area contributed by atoms with E-state index in [0.717, 1.165) is 0 Å². The lowest BCUT2D eigenvalue weighted by Crippen LogP contribution is -2.49. The van der Waals surface area contributed by atoms with E-state index in [1.54, 1.807) is 13.2 Å². The third-order valence-electron chi connectivity index (χ3n) is 2.34. The normalized spacial score (nSPS) is 38.2. The molecule has 1 saturated heterocycles. The van der Waals surface area contributed by atoms with Crippen molar-refractivity contribution in [1.82, 2.24) is 0 Å². The Hall–Kier alpha value is -0.420. The molecular weight excluding hydrogens is 184 g/mol. The van der Waals surface area contributed by atoms with E-state index in [1.807, 2.05) is 6.92 Å². The zero-order valence-corrected chi connectivity index (χ0v) is 8.68. The lowest BCUT2D eigenvalue weighted by Gasteiger charge is -2.37. The first kappa shape index (κ1) is 11.7. The largest absolute Gasteiger partial charge is 0.378 e. The van der Waals surface area contributed by atoms with Crippen LogP contribution < -0.4 is 0 Å². The molecule has 14 heavy (non-hydrogen) atoms. The van der Waals surface area contributed by atoms with Crippen LogP contribution in [0.4, 0.5) is 0 Å². The number of aliphatic hydroxyl groups excluding tert-OH is 1. The highest BCUT2D eigenvalue weighted by atomic mass is 16.6. The Morgan fingerprint density at radius 1 is 1.64 bits per heavy atom. The van der Waals surface area contributed by atoms with Crippen LogP contribution in [0.25, 0.3) is 0 Å². The second-order valence-electron chi connectivity index (χ2n) is 3.39. The summed E-state index contributed by atoms with van der Waals surface area (Å²) in [6.45, 7) is 5.91. The van der Waals surface area contributed by atoms with Crippen LogP contribution in [0.5, 0.6) is 0 Å². The van der Waals surface area contributed by atoms with Gasteiger partial charge in [-0.15, -0.1) is 6.58 Å². The first-order valence-corrected chi connectivity index (χ1v) is 4.77. The van der Waals surface area contributed by atoms with Gasteiger partial charge in [0.1, 0.15) is 6.10 Å². The highest BCUT2D eigenvalue weighted by molar-refractivity contribution is 4.83. The molecule has 0 bridgehead atoms. The Balaban J connectivity index is 2.53. The van der Waals surface area contributed by atoms with E-state index in [2.05, 4.69) is 6.58 Å². The van der Waals surface area contributed by atoms with Gasteiger partial charge in [0, 0.05) is 13.5 Å². The van der Waals surface area contributed by atoms with Crippen molar-refractivity contribution < 1.29 is 19.3 Å². The molecule has 4 atom stereocenters. The number of aliphatic hydroxyl groups is 1. The van der Waals surface area contributed by atoms with E-state index in [0.29, 0.717) is 13.0 Å². The van der Waals surface area contributed by atoms with Crippen LogP contribution in [0.1, 0.15) is 13.3 Å². The fourth-order valence-electron chi connectivity index (χ4n) is 1.67. The predicted molar refractivity (Wildman–Crippen MR) is 51.9 cm³/mol. The zero-order chi connectivity index (χ0) is 10.6. The van der Waals surface area contributed by atoms with E-state index < -0.39 is 6.29 Å². The number of hydrogen-bond acceptors (Lipinski definition) is 4. The van der Waals surface area contributed by atoms with Crippen LogP contribution >= 0.6 is 0 Å². The van der Waals surface area contributed by atoms with Crippen LogP contribution in [0.15, 0.2) is 12.7 Å². The monoisotopic (exact) mass is 202 g/mol. The average molecular weight is 202 g/mol. The zero-order valence-electron chi connectivity index (χ0n) is 8.68. The quantitative estimate of drug-likeness (QED) is 0.682. The lowest BCUT2D eigenvalue weighted by molar-refractivity contribution is -0.240. The van der Waals surface area contributed by atoms with E-state index in [4.69, 9.17) is 14.2 Å². The molecule has 0 radical (unpaired) electrons. The molecular formula is C10H18O4. The summed E-state index contributed by atoms with van der Waals surface area (Å²) < 4.78 is 16.0. The molecule has 1 aliphatic heterocycles. The molecule has 0 spiro atoms. The van der Waals surface area contributed by atoms with Gasteiger partial charge in [0.05, 0.1) is 18.8 Å². The molecule has 0 saturated carbocycles. The summed E-state index contributed by atoms with van der Waals surface area (Å²) >= 11 is 0. The summed E-state index contributed by atoms with van der Waals surface area (Å²) in [5, 5.41) is 9.35. The van der Waals surface area contributed by atoms with Gasteiger partial charge in [0.2, 0.25) is 0 Å². The fraction of sp³-hybridized carbons (Fsp3) is 0.800. The minimum absolute atomic E-state index is 0.117. The maximum atomic E-state index is 9.35. The van der Waals surface area contributed by atoms with Crippen molar-refractivity contribution in [3.63, 3.8) is 0 Å². The highest BCUT2D eigenvalue weighted by Crippen LogP contribution is 2.23. The molecule has 0 aromatic rings. The Morgan fingerprint density at radius 3 is 2.93 bits per heavy atom. The first-order valence-electron chi connectivity index (χ1n) is 4.77. The number of rotatable bonds is 4. The van der Waals surface area contributed by atoms with E-state index in [-0.39, 0.29) is 18.3 Å². The molecule has 1 fully saturated rings. The first-order chi connectivity index (χ1) is 6.69. The molecule has 0 amide bonds. The molecule has 1 rings (SSSR count). The molecule has 0 aliphatic carbocycles. The van der Waals surface area contributed by atoms with Crippen LogP contribution in [0.3, 0.4) is 0 Å². The summed E-state index contributed by atoms with van der Waals surface area (Å²) in [6, 6.07) is 0. The van der Waals surface area contributed by atoms with Crippen molar-refractivity contribution >= 4 is 0 Å². The standard InChI is InChI=1S/C10H18O4/c1-4-5-13-10-7(2)14-9(11)6-8(10)12-3/h4,7-11H,1,5-6H2,2-3H3/t7-,8-,9?,10-/m0/s1. The Morgan fingerprint density at radius 2 is 2.36 bits per heavy atom. The lowest BCUT2D eigenvalue weighted by atomic mass is 10.0. The van der Waals surface area contributed by atoms with Crippen molar-refractivity contribution in [2.45, 2.75) is 37.9 Å². The van der Waals surface area contributed by atoms with Gasteiger partial charge in [-0.3, -0.25) is 0 Å². The Bertz CT molecular complexity index is 183. The Labute approximate surface area is 84.5 Å². The van der Waals surface area contributed by atoms with Crippen molar-refractivity contribution in [1.29, 1.82) is 0 Å². The Kier molecular flexibility index (Phi) is 4.54. The molecule has 0 aromatic carbocycles. The van der Waals surface area contributed by atoms with E-state index >= 15 is 0 Å². The summed E-state index contributed by atoms with van der Waals surface area (Å²) in [5.41, 5.74) is 0. The van der Waals surface area contributed by atoms with Gasteiger partial charge in [-0.05, 0) is 6.92 Å². The summed E-state index contributed by atoms with van der Waals surface area (Å²) in [6.07, 6.45) is 0.963. The van der Waals surface area contributed by atoms with Crippen LogP contribution in [-0.2, 0) is 14.2 Å². The topological polar surface area (TPSA) is 47.9 Å². The van der Waals surface area contributed by atoms with Gasteiger partial charge in [-0.2, -0.15) is 0 Å². The van der Waals surface area contributed by atoms with Crippen LogP contribution in [-0.4, -0.2) is 43.4 Å². The SMILES string of the molecule is C=CCO[C@H]1[C@H](C)OC(O)C[C@@H]1OC. The second-order valence-corrected chi connectivity index (χ2v) is 3.39. The van der Waals surface area contributed by atoms with Crippen LogP contribution in [0.2, 0.25) is 0 Å². The van der Waals surface area contributed by atoms with Crippen molar-refractivity contribution in [3.05, 3.63) is 12.7 Å². The molecule has 1 heterocycles. The van der Waals surface area contributed by atoms with Gasteiger partial charge in [0.15, 0.2) is 6.29 Å². The average Bonchev–Trinajstić information content (AvgIpc) is 2.15. The molecule has 1 N–H and O–H groups in total. The fourth-order valence-corrected chi connectivity index (χ4v) is 1.67. The summed E-state index contributed by atoms with van der Waals surface area (Å²) in [7, 11) is 1.61. The van der Waals surface area contributed by atoms with Gasteiger partial charge < -0.3 is 19.3 Å². The number of methoxy groups -OCH3 is 1. The second kappa shape index (κ2) is 5.46. The molecule has 1 aliphatic rings. The summed E-state index contributed by atoms with van der Waals surface area (Å²) in [5.74, 6) is 0. The number of ether oxygens (including phenoxy) is 3.